The van der Waals surface area contributed by atoms with Crippen LogP contribution in [0.25, 0.3) is 0 Å². The van der Waals surface area contributed by atoms with Crippen LogP contribution in [0.4, 0.5) is 10.5 Å². The van der Waals surface area contributed by atoms with Gasteiger partial charge in [-0.3, -0.25) is 9.63 Å². The molecule has 252 valence electrons. The van der Waals surface area contributed by atoms with Gasteiger partial charge in [-0.05, 0) is 49.4 Å². The zero-order chi connectivity index (χ0) is 32.5. The normalized spacial score (nSPS) is 22.7. The average molecular weight is 661 g/mol. The van der Waals surface area contributed by atoms with Crippen molar-refractivity contribution in [3.63, 3.8) is 0 Å². The SMILES string of the molecule is CC(=O)NCCNc1cccc(S(=O)(=O)N(C[C@H](O)[C@H](Cc2ccccc2)NC(=O)O[C@@H]2CO[C@@H]3OCC[C@@H]32)OC2CCCC2)c1. The number of aliphatic hydroxyl groups excluding tert-OH is 1. The first-order valence-electron chi connectivity index (χ1n) is 15.9. The number of carbonyl (C=O) groups is 2. The van der Waals surface area contributed by atoms with Gasteiger partial charge in [0.1, 0.15) is 6.10 Å². The number of amides is 2. The molecule has 46 heavy (non-hydrogen) atoms. The predicted molar refractivity (Wildman–Crippen MR) is 168 cm³/mol. The Balaban J connectivity index is 1.32. The molecule has 0 unspecified atom stereocenters. The van der Waals surface area contributed by atoms with Crippen LogP contribution in [0.1, 0.15) is 44.6 Å². The van der Waals surface area contributed by atoms with E-state index in [-0.39, 0.29) is 42.1 Å². The van der Waals surface area contributed by atoms with E-state index in [1.165, 1.54) is 19.1 Å². The van der Waals surface area contributed by atoms with E-state index in [0.717, 1.165) is 29.3 Å². The standard InChI is InChI=1S/C32H44N4O9S/c1-22(37)33-15-16-34-24-10-7-13-26(19-24)46(40,41)36(45-25-11-5-6-12-25)20-29(38)28(18-23-8-3-2-4-9-23)35-32(39)44-30-21-43-31-27(30)14-17-42-31/h2-4,7-10,13,19,25,27-31,34,38H,5-6,11-12,14-18,20-21H2,1H3,(H,33,37)(H,35,39)/t27-,28+,29+,30-,31+/m1/s1. The molecule has 0 radical (unpaired) electrons. The molecule has 0 spiro atoms. The van der Waals surface area contributed by atoms with E-state index >= 15 is 0 Å². The second-order valence-corrected chi connectivity index (χ2v) is 13.7. The Labute approximate surface area is 269 Å². The number of hydrogen-bond acceptors (Lipinski definition) is 10. The monoisotopic (exact) mass is 660 g/mol. The van der Waals surface area contributed by atoms with Crippen LogP contribution in [0.5, 0.6) is 0 Å². The van der Waals surface area contributed by atoms with Gasteiger partial charge in [0, 0.05) is 25.7 Å². The number of rotatable bonds is 15. The van der Waals surface area contributed by atoms with Crippen molar-refractivity contribution < 1.29 is 42.2 Å². The second kappa shape index (κ2) is 16.0. The maximum atomic E-state index is 14.0. The average Bonchev–Trinajstić information content (AvgIpc) is 3.80. The molecule has 2 amide bonds. The number of alkyl carbamates (subject to hydrolysis) is 1. The fraction of sp³-hybridized carbons (Fsp3) is 0.562. The van der Waals surface area contributed by atoms with Crippen LogP contribution in [-0.4, -0.2) is 93.5 Å². The lowest BCUT2D eigenvalue weighted by atomic mass is 10.0. The van der Waals surface area contributed by atoms with Crippen molar-refractivity contribution in [1.82, 2.24) is 15.1 Å². The maximum Gasteiger partial charge on any atom is 0.407 e. The number of benzene rings is 2. The molecule has 2 aliphatic heterocycles. The van der Waals surface area contributed by atoms with Crippen LogP contribution in [0.15, 0.2) is 59.5 Å². The summed E-state index contributed by atoms with van der Waals surface area (Å²) in [4.78, 5) is 30.3. The van der Waals surface area contributed by atoms with E-state index in [1.54, 1.807) is 12.1 Å². The van der Waals surface area contributed by atoms with E-state index in [1.807, 2.05) is 30.3 Å². The number of sulfonamides is 1. The van der Waals surface area contributed by atoms with E-state index in [0.29, 0.717) is 38.2 Å². The summed E-state index contributed by atoms with van der Waals surface area (Å²) in [6.45, 7) is 2.52. The van der Waals surface area contributed by atoms with Gasteiger partial charge in [0.2, 0.25) is 5.91 Å². The molecule has 5 atom stereocenters. The molecule has 3 aliphatic rings. The van der Waals surface area contributed by atoms with Crippen molar-refractivity contribution in [2.24, 2.45) is 5.92 Å². The molecule has 2 saturated heterocycles. The Morgan fingerprint density at radius 3 is 2.59 bits per heavy atom. The third kappa shape index (κ3) is 9.17. The van der Waals surface area contributed by atoms with Crippen LogP contribution >= 0.6 is 0 Å². The highest BCUT2D eigenvalue weighted by Gasteiger charge is 2.44. The van der Waals surface area contributed by atoms with Gasteiger partial charge in [-0.2, -0.15) is 0 Å². The van der Waals surface area contributed by atoms with Crippen molar-refractivity contribution in [2.45, 2.75) is 81.0 Å². The first kappa shape index (κ1) is 34.1. The minimum Gasteiger partial charge on any atom is -0.443 e. The number of nitrogens with one attached hydrogen (secondary N) is 3. The second-order valence-electron chi connectivity index (χ2n) is 11.9. The molecule has 13 nitrogen and oxygen atoms in total. The van der Waals surface area contributed by atoms with Crippen molar-refractivity contribution >= 4 is 27.7 Å². The van der Waals surface area contributed by atoms with Crippen molar-refractivity contribution in [3.05, 3.63) is 60.2 Å². The van der Waals surface area contributed by atoms with Gasteiger partial charge in [0.05, 0.1) is 48.8 Å². The van der Waals surface area contributed by atoms with Gasteiger partial charge in [-0.15, -0.1) is 0 Å². The summed E-state index contributed by atoms with van der Waals surface area (Å²) in [5.74, 6) is -0.214. The molecule has 5 rings (SSSR count). The van der Waals surface area contributed by atoms with E-state index < -0.39 is 40.9 Å². The Morgan fingerprint density at radius 2 is 1.83 bits per heavy atom. The van der Waals surface area contributed by atoms with Crippen LogP contribution in [0.2, 0.25) is 0 Å². The van der Waals surface area contributed by atoms with E-state index in [4.69, 9.17) is 19.0 Å². The topological polar surface area (TPSA) is 165 Å². The molecule has 14 heteroatoms. The fourth-order valence-electron chi connectivity index (χ4n) is 5.99. The lowest BCUT2D eigenvalue weighted by Gasteiger charge is -2.31. The quantitative estimate of drug-likeness (QED) is 0.165. The Morgan fingerprint density at radius 1 is 1.04 bits per heavy atom. The van der Waals surface area contributed by atoms with Crippen molar-refractivity contribution in [2.75, 3.05) is 38.2 Å². The zero-order valence-corrected chi connectivity index (χ0v) is 26.8. The molecule has 1 saturated carbocycles. The number of hydroxylamine groups is 1. The summed E-state index contributed by atoms with van der Waals surface area (Å²) in [5, 5.41) is 20.2. The summed E-state index contributed by atoms with van der Waals surface area (Å²) < 4.78 is 45.7. The molecule has 3 fully saturated rings. The number of nitrogens with zero attached hydrogens (tertiary/aromatic N) is 1. The van der Waals surface area contributed by atoms with Crippen molar-refractivity contribution in [1.29, 1.82) is 0 Å². The number of aliphatic hydroxyl groups is 1. The summed E-state index contributed by atoms with van der Waals surface area (Å²) in [6, 6.07) is 14.7. The lowest BCUT2D eigenvalue weighted by Crippen LogP contribution is -2.51. The zero-order valence-electron chi connectivity index (χ0n) is 26.0. The van der Waals surface area contributed by atoms with E-state index in [2.05, 4.69) is 16.0 Å². The van der Waals surface area contributed by atoms with Crippen LogP contribution in [0.3, 0.4) is 0 Å². The van der Waals surface area contributed by atoms with Gasteiger partial charge in [-0.25, -0.2) is 13.2 Å². The van der Waals surface area contributed by atoms with Gasteiger partial charge in [0.15, 0.2) is 6.29 Å². The lowest BCUT2D eigenvalue weighted by molar-refractivity contribution is -0.145. The smallest absolute Gasteiger partial charge is 0.407 e. The molecule has 2 aromatic rings. The molecule has 2 heterocycles. The Hall–Kier alpha value is -3.27. The summed E-state index contributed by atoms with van der Waals surface area (Å²) in [7, 11) is -4.25. The van der Waals surface area contributed by atoms with Gasteiger partial charge < -0.3 is 35.3 Å². The third-order valence-corrected chi connectivity index (χ3v) is 10.1. The molecule has 4 N–H and O–H groups in total. The number of fused-ring (bicyclic) bond motifs is 1. The molecule has 0 bridgehead atoms. The number of carbonyl (C=O) groups excluding carboxylic acids is 2. The molecule has 0 aromatic heterocycles. The highest BCUT2D eigenvalue weighted by atomic mass is 32.2. The maximum absolute atomic E-state index is 14.0. The summed E-state index contributed by atoms with van der Waals surface area (Å²) in [6.07, 6.45) is 0.873. The minimum absolute atomic E-state index is 0.0243. The predicted octanol–water partition coefficient (Wildman–Crippen LogP) is 2.56. The molecular weight excluding hydrogens is 616 g/mol. The molecule has 1 aliphatic carbocycles. The molecular formula is C32H44N4O9S. The van der Waals surface area contributed by atoms with Crippen molar-refractivity contribution in [3.8, 4) is 0 Å². The van der Waals surface area contributed by atoms with Gasteiger partial charge in [0.25, 0.3) is 10.0 Å². The Kier molecular flexibility index (Phi) is 11.9. The summed E-state index contributed by atoms with van der Waals surface area (Å²) >= 11 is 0. The van der Waals surface area contributed by atoms with E-state index in [9.17, 15) is 23.1 Å². The fourth-order valence-corrected chi connectivity index (χ4v) is 7.33. The first-order chi connectivity index (χ1) is 22.2. The first-order valence-corrected chi connectivity index (χ1v) is 17.3. The van der Waals surface area contributed by atoms with Gasteiger partial charge in [-0.1, -0.05) is 53.7 Å². The largest absolute Gasteiger partial charge is 0.443 e. The number of hydrogen-bond donors (Lipinski definition) is 4. The highest BCUT2D eigenvalue weighted by molar-refractivity contribution is 7.89. The van der Waals surface area contributed by atoms with Crippen LogP contribution in [-0.2, 0) is 40.3 Å². The van der Waals surface area contributed by atoms with Crippen LogP contribution in [0, 0.1) is 5.92 Å². The molecule has 2 aromatic carbocycles. The third-order valence-electron chi connectivity index (χ3n) is 8.44. The number of anilines is 1. The summed E-state index contributed by atoms with van der Waals surface area (Å²) in [5.41, 5.74) is 1.38. The highest BCUT2D eigenvalue weighted by Crippen LogP contribution is 2.33. The number of ether oxygens (including phenoxy) is 3. The Bertz CT molecular complexity index is 1410. The van der Waals surface area contributed by atoms with Crippen LogP contribution < -0.4 is 16.0 Å². The van der Waals surface area contributed by atoms with Gasteiger partial charge >= 0.3 is 6.09 Å². The minimum atomic E-state index is -4.25.